The lowest BCUT2D eigenvalue weighted by Crippen LogP contribution is -2.43. The van der Waals surface area contributed by atoms with Crippen LogP contribution in [0, 0.1) is 26.7 Å². The van der Waals surface area contributed by atoms with Crippen LogP contribution in [0.5, 0.6) is 0 Å². The average molecular weight is 489 g/mol. The molecule has 0 bridgehead atoms. The Hall–Kier alpha value is -2.75. The van der Waals surface area contributed by atoms with Gasteiger partial charge >= 0.3 is 0 Å². The zero-order valence-corrected chi connectivity index (χ0v) is 20.2. The lowest BCUT2D eigenvalue weighted by molar-refractivity contribution is -0.120. The van der Waals surface area contributed by atoms with E-state index >= 15 is 0 Å². The Bertz CT molecular complexity index is 1310. The highest BCUT2D eigenvalue weighted by Crippen LogP contribution is 2.32. The summed E-state index contributed by atoms with van der Waals surface area (Å²) in [6.45, 7) is 5.93. The van der Waals surface area contributed by atoms with Gasteiger partial charge in [-0.05, 0) is 62.1 Å². The molecule has 1 fully saturated rings. The predicted molar refractivity (Wildman–Crippen MR) is 126 cm³/mol. The van der Waals surface area contributed by atoms with Crippen LogP contribution in [0.3, 0.4) is 0 Å². The molecule has 1 aliphatic rings. The van der Waals surface area contributed by atoms with Crippen LogP contribution in [0.25, 0.3) is 11.4 Å². The molecule has 1 atom stereocenters. The molecule has 33 heavy (non-hydrogen) atoms. The van der Waals surface area contributed by atoms with E-state index in [1.807, 2.05) is 32.0 Å². The van der Waals surface area contributed by atoms with Crippen molar-refractivity contribution in [2.45, 2.75) is 38.5 Å². The summed E-state index contributed by atoms with van der Waals surface area (Å²) in [5.74, 6) is 0.00380. The molecule has 174 valence electrons. The number of nitrogens with zero attached hydrogens (tertiary/aromatic N) is 3. The molecule has 4 rings (SSSR count). The summed E-state index contributed by atoms with van der Waals surface area (Å²) < 4.78 is 33.3. The van der Waals surface area contributed by atoms with Gasteiger partial charge in [-0.2, -0.15) is 9.29 Å². The molecule has 0 unspecified atom stereocenters. The summed E-state index contributed by atoms with van der Waals surface area (Å²) in [4.78, 5) is 17.1. The number of benzene rings is 2. The second kappa shape index (κ2) is 9.24. The van der Waals surface area contributed by atoms with Crippen LogP contribution >= 0.6 is 11.6 Å². The molecule has 8 nitrogen and oxygen atoms in total. The Balaban J connectivity index is 1.56. The molecule has 1 saturated heterocycles. The number of amides is 1. The zero-order chi connectivity index (χ0) is 23.8. The van der Waals surface area contributed by atoms with Crippen LogP contribution in [0.4, 0.5) is 5.69 Å². The summed E-state index contributed by atoms with van der Waals surface area (Å²) in [7, 11) is -3.94. The third-order valence-corrected chi connectivity index (χ3v) is 8.09. The second-order valence-corrected chi connectivity index (χ2v) is 10.6. The molecule has 0 spiro atoms. The van der Waals surface area contributed by atoms with Crippen LogP contribution in [0.15, 0.2) is 45.8 Å². The Morgan fingerprint density at radius 3 is 2.70 bits per heavy atom. The number of carbonyl (C=O) groups is 1. The van der Waals surface area contributed by atoms with Crippen molar-refractivity contribution in [1.29, 1.82) is 0 Å². The standard InChI is InChI=1S/C23H25ClN4O4S/c1-14-6-7-15(2)20(11-14)26-23(29)18-5-4-10-28(13-18)33(30,31)21-12-17(8-9-19(21)24)22-25-16(3)32-27-22/h6-9,11-12,18H,4-5,10,13H2,1-3H3,(H,26,29)/t18-/m1/s1. The molecule has 3 aromatic rings. The Kier molecular flexibility index (Phi) is 6.56. The van der Waals surface area contributed by atoms with E-state index in [1.165, 1.54) is 16.4 Å². The summed E-state index contributed by atoms with van der Waals surface area (Å²) >= 11 is 6.28. The van der Waals surface area contributed by atoms with Gasteiger partial charge in [0, 0.05) is 31.3 Å². The molecule has 2 aromatic carbocycles. The SMILES string of the molecule is Cc1ccc(C)c(NC(=O)[C@@H]2CCCN(S(=O)(=O)c3cc(-c4noc(C)n4)ccc3Cl)C2)c1. The van der Waals surface area contributed by atoms with E-state index in [-0.39, 0.29) is 28.2 Å². The highest BCUT2D eigenvalue weighted by Gasteiger charge is 2.35. The van der Waals surface area contributed by atoms with Gasteiger partial charge in [0.25, 0.3) is 0 Å². The molecular formula is C23H25ClN4O4S. The fraction of sp³-hybridized carbons (Fsp3) is 0.348. The maximum atomic E-state index is 13.5. The third kappa shape index (κ3) is 4.95. The first kappa shape index (κ1) is 23.4. The van der Waals surface area contributed by atoms with Crippen molar-refractivity contribution in [3.63, 3.8) is 0 Å². The minimum Gasteiger partial charge on any atom is -0.339 e. The molecule has 0 radical (unpaired) electrons. The number of carbonyl (C=O) groups excluding carboxylic acids is 1. The van der Waals surface area contributed by atoms with Gasteiger partial charge in [0.1, 0.15) is 4.90 Å². The number of nitrogens with one attached hydrogen (secondary N) is 1. The monoisotopic (exact) mass is 488 g/mol. The van der Waals surface area contributed by atoms with Gasteiger partial charge < -0.3 is 9.84 Å². The summed E-state index contributed by atoms with van der Waals surface area (Å²) in [5.41, 5.74) is 3.21. The number of anilines is 1. The van der Waals surface area contributed by atoms with Gasteiger partial charge in [0.15, 0.2) is 0 Å². The number of aryl methyl sites for hydroxylation is 3. The fourth-order valence-corrected chi connectivity index (χ4v) is 5.90. The van der Waals surface area contributed by atoms with Crippen LogP contribution in [-0.2, 0) is 14.8 Å². The number of hydrogen-bond donors (Lipinski definition) is 1. The first-order valence-electron chi connectivity index (χ1n) is 10.6. The minimum atomic E-state index is -3.94. The zero-order valence-electron chi connectivity index (χ0n) is 18.6. The molecule has 1 aliphatic heterocycles. The largest absolute Gasteiger partial charge is 0.339 e. The normalized spacial score (nSPS) is 17.2. The summed E-state index contributed by atoms with van der Waals surface area (Å²) in [6, 6.07) is 10.4. The van der Waals surface area contributed by atoms with Crippen molar-refractivity contribution in [1.82, 2.24) is 14.4 Å². The van der Waals surface area contributed by atoms with Crippen LogP contribution in [0.1, 0.15) is 29.9 Å². The molecule has 2 heterocycles. The molecule has 1 N–H and O–H groups in total. The van der Waals surface area contributed by atoms with E-state index in [4.69, 9.17) is 16.1 Å². The van der Waals surface area contributed by atoms with Crippen LogP contribution < -0.4 is 5.32 Å². The first-order chi connectivity index (χ1) is 15.6. The Morgan fingerprint density at radius 2 is 1.97 bits per heavy atom. The molecular weight excluding hydrogens is 464 g/mol. The third-order valence-electron chi connectivity index (χ3n) is 5.74. The summed E-state index contributed by atoms with van der Waals surface area (Å²) in [5, 5.41) is 6.91. The minimum absolute atomic E-state index is 0.0419. The number of hydrogen-bond acceptors (Lipinski definition) is 6. The van der Waals surface area contributed by atoms with Crippen molar-refractivity contribution in [3.8, 4) is 11.4 Å². The topological polar surface area (TPSA) is 105 Å². The van der Waals surface area contributed by atoms with E-state index in [0.29, 0.717) is 30.8 Å². The first-order valence-corrected chi connectivity index (χ1v) is 12.5. The maximum absolute atomic E-state index is 13.5. The maximum Gasteiger partial charge on any atom is 0.244 e. The van der Waals surface area contributed by atoms with E-state index in [1.54, 1.807) is 13.0 Å². The number of aromatic nitrogens is 2. The highest BCUT2D eigenvalue weighted by molar-refractivity contribution is 7.89. The van der Waals surface area contributed by atoms with Crippen molar-refractivity contribution < 1.29 is 17.7 Å². The fourth-order valence-electron chi connectivity index (χ4n) is 3.88. The van der Waals surface area contributed by atoms with Crippen molar-refractivity contribution in [2.75, 3.05) is 18.4 Å². The van der Waals surface area contributed by atoms with Crippen LogP contribution in [-0.4, -0.2) is 41.9 Å². The highest BCUT2D eigenvalue weighted by atomic mass is 35.5. The van der Waals surface area contributed by atoms with Crippen molar-refractivity contribution in [3.05, 3.63) is 58.4 Å². The second-order valence-electron chi connectivity index (χ2n) is 8.29. The van der Waals surface area contributed by atoms with Gasteiger partial charge in [-0.1, -0.05) is 28.9 Å². The lowest BCUT2D eigenvalue weighted by Gasteiger charge is -2.31. The van der Waals surface area contributed by atoms with Gasteiger partial charge in [0.05, 0.1) is 10.9 Å². The van der Waals surface area contributed by atoms with Crippen molar-refractivity contribution >= 4 is 33.2 Å². The molecule has 0 aliphatic carbocycles. The average Bonchev–Trinajstić information content (AvgIpc) is 3.22. The van der Waals surface area contributed by atoms with E-state index in [9.17, 15) is 13.2 Å². The van der Waals surface area contributed by atoms with Gasteiger partial charge in [-0.25, -0.2) is 8.42 Å². The smallest absolute Gasteiger partial charge is 0.244 e. The molecule has 1 aromatic heterocycles. The van der Waals surface area contributed by atoms with E-state index in [2.05, 4.69) is 15.5 Å². The van der Waals surface area contributed by atoms with E-state index in [0.717, 1.165) is 16.8 Å². The summed E-state index contributed by atoms with van der Waals surface area (Å²) in [6.07, 6.45) is 1.18. The number of rotatable bonds is 5. The van der Waals surface area contributed by atoms with Crippen LogP contribution in [0.2, 0.25) is 5.02 Å². The lowest BCUT2D eigenvalue weighted by atomic mass is 9.98. The van der Waals surface area contributed by atoms with E-state index < -0.39 is 15.9 Å². The van der Waals surface area contributed by atoms with Gasteiger partial charge in [-0.15, -0.1) is 0 Å². The number of halogens is 1. The number of sulfonamides is 1. The van der Waals surface area contributed by atoms with Gasteiger partial charge in [-0.3, -0.25) is 4.79 Å². The quantitative estimate of drug-likeness (QED) is 0.572. The molecule has 1 amide bonds. The molecule has 0 saturated carbocycles. The Morgan fingerprint density at radius 1 is 1.18 bits per heavy atom. The molecule has 10 heteroatoms. The van der Waals surface area contributed by atoms with Crippen molar-refractivity contribution in [2.24, 2.45) is 5.92 Å². The number of piperidine rings is 1. The predicted octanol–water partition coefficient (Wildman–Crippen LogP) is 4.35. The van der Waals surface area contributed by atoms with Gasteiger partial charge in [0.2, 0.25) is 27.6 Å². The Labute approximate surface area is 198 Å².